The zero-order chi connectivity index (χ0) is 21.9. The summed E-state index contributed by atoms with van der Waals surface area (Å²) in [4.78, 5) is 8.41. The molecule has 0 saturated carbocycles. The van der Waals surface area contributed by atoms with Gasteiger partial charge in [-0.05, 0) is 23.3 Å². The molecule has 0 spiro atoms. The van der Waals surface area contributed by atoms with Gasteiger partial charge in [-0.3, -0.25) is 4.99 Å². The molecule has 6 nitrogen and oxygen atoms in total. The number of benzene rings is 2. The van der Waals surface area contributed by atoms with E-state index in [1.807, 2.05) is 42.5 Å². The lowest BCUT2D eigenvalue weighted by Crippen LogP contribution is -2.36. The van der Waals surface area contributed by atoms with Crippen LogP contribution < -0.4 is 20.1 Å². The number of aliphatic imine (C=N–C) groups is 1. The number of pyridine rings is 1. The van der Waals surface area contributed by atoms with Crippen molar-refractivity contribution in [3.63, 3.8) is 0 Å². The molecule has 0 unspecified atom stereocenters. The van der Waals surface area contributed by atoms with Gasteiger partial charge in [0.15, 0.2) is 5.96 Å². The lowest BCUT2D eigenvalue weighted by molar-refractivity contribution is -0.0504. The molecule has 3 rings (SSSR count). The zero-order valence-electron chi connectivity index (χ0n) is 17.5. The molecule has 9 heteroatoms. The fraction of sp³-hybridized carbons (Fsp3) is 0.217. The topological polar surface area (TPSA) is 67.8 Å². The first-order valence-corrected chi connectivity index (χ1v) is 9.73. The van der Waals surface area contributed by atoms with Crippen LogP contribution in [0.5, 0.6) is 11.6 Å². The molecule has 0 radical (unpaired) electrons. The number of para-hydroxylation sites is 1. The van der Waals surface area contributed by atoms with Crippen LogP contribution in [0.15, 0.2) is 77.9 Å². The fourth-order valence-corrected chi connectivity index (χ4v) is 2.82. The molecule has 0 aliphatic heterocycles. The maximum atomic E-state index is 12.6. The van der Waals surface area contributed by atoms with Crippen LogP contribution in [0.25, 0.3) is 0 Å². The summed E-state index contributed by atoms with van der Waals surface area (Å²) in [5, 5.41) is 6.28. The lowest BCUT2D eigenvalue weighted by atomic mass is 10.2. The van der Waals surface area contributed by atoms with Crippen molar-refractivity contribution >= 4 is 29.9 Å². The van der Waals surface area contributed by atoms with Crippen LogP contribution in [0.2, 0.25) is 0 Å². The Bertz CT molecular complexity index is 990. The van der Waals surface area contributed by atoms with E-state index in [9.17, 15) is 8.78 Å². The third-order valence-electron chi connectivity index (χ3n) is 4.35. The zero-order valence-corrected chi connectivity index (χ0v) is 19.8. The Hall–Kier alpha value is -2.95. The molecule has 0 aliphatic rings. The van der Waals surface area contributed by atoms with Crippen molar-refractivity contribution < 1.29 is 18.3 Å². The minimum Gasteiger partial charge on any atom is -0.473 e. The van der Waals surface area contributed by atoms with E-state index in [1.54, 1.807) is 31.4 Å². The van der Waals surface area contributed by atoms with Gasteiger partial charge < -0.3 is 20.1 Å². The standard InChI is InChI=1S/C23H24F2N4O2.HI/c1-26-23(29-15-19-9-5-6-10-20(19)31-22(24)25)28-14-18-11-12-27-21(13-18)30-16-17-7-3-2-4-8-17;/h2-13,22H,14-16H2,1H3,(H2,26,28,29);1H. The number of hydrogen-bond donors (Lipinski definition) is 2. The molecule has 1 aromatic heterocycles. The van der Waals surface area contributed by atoms with Crippen LogP contribution in [-0.4, -0.2) is 24.6 Å². The fourth-order valence-electron chi connectivity index (χ4n) is 2.82. The molecule has 0 atom stereocenters. The Balaban J connectivity index is 0.00000363. The second-order valence-electron chi connectivity index (χ2n) is 6.54. The molecule has 2 N–H and O–H groups in total. The summed E-state index contributed by atoms with van der Waals surface area (Å²) in [5.74, 6) is 1.19. The highest BCUT2D eigenvalue weighted by Crippen LogP contribution is 2.20. The number of nitrogens with zero attached hydrogens (tertiary/aromatic N) is 2. The van der Waals surface area contributed by atoms with Crippen molar-refractivity contribution in [2.24, 2.45) is 4.99 Å². The molecule has 0 aliphatic carbocycles. The van der Waals surface area contributed by atoms with Gasteiger partial charge in [0.25, 0.3) is 0 Å². The molecular formula is C23H25F2IN4O2. The number of halogens is 3. The quantitative estimate of drug-likeness (QED) is 0.227. The Morgan fingerprint density at radius 2 is 1.69 bits per heavy atom. The first-order valence-electron chi connectivity index (χ1n) is 9.73. The summed E-state index contributed by atoms with van der Waals surface area (Å²) < 4.78 is 35.4. The number of hydrogen-bond acceptors (Lipinski definition) is 4. The number of rotatable bonds is 9. The molecule has 0 fully saturated rings. The van der Waals surface area contributed by atoms with Gasteiger partial charge in [0.2, 0.25) is 5.88 Å². The highest BCUT2D eigenvalue weighted by Gasteiger charge is 2.09. The lowest BCUT2D eigenvalue weighted by Gasteiger charge is -2.15. The average molecular weight is 554 g/mol. The van der Waals surface area contributed by atoms with E-state index in [2.05, 4.69) is 25.3 Å². The van der Waals surface area contributed by atoms with Crippen molar-refractivity contribution in [1.29, 1.82) is 0 Å². The maximum absolute atomic E-state index is 12.6. The summed E-state index contributed by atoms with van der Waals surface area (Å²) in [7, 11) is 1.64. The van der Waals surface area contributed by atoms with E-state index in [4.69, 9.17) is 4.74 Å². The molecule has 32 heavy (non-hydrogen) atoms. The smallest absolute Gasteiger partial charge is 0.387 e. The first kappa shape index (κ1) is 25.3. The second-order valence-corrected chi connectivity index (χ2v) is 6.54. The summed E-state index contributed by atoms with van der Waals surface area (Å²) in [6.45, 7) is -1.67. The Kier molecular flexibility index (Phi) is 10.6. The maximum Gasteiger partial charge on any atom is 0.387 e. The van der Waals surface area contributed by atoms with Gasteiger partial charge >= 0.3 is 6.61 Å². The third-order valence-corrected chi connectivity index (χ3v) is 4.35. The van der Waals surface area contributed by atoms with Crippen LogP contribution in [0, 0.1) is 0 Å². The van der Waals surface area contributed by atoms with Crippen molar-refractivity contribution in [2.75, 3.05) is 7.05 Å². The van der Waals surface area contributed by atoms with E-state index in [0.717, 1.165) is 11.1 Å². The predicted octanol–water partition coefficient (Wildman–Crippen LogP) is 4.75. The predicted molar refractivity (Wildman–Crippen MR) is 131 cm³/mol. The molecular weight excluding hydrogens is 529 g/mol. The number of aromatic nitrogens is 1. The van der Waals surface area contributed by atoms with Gasteiger partial charge in [-0.15, -0.1) is 24.0 Å². The summed E-state index contributed by atoms with van der Waals surface area (Å²) in [6.07, 6.45) is 1.69. The van der Waals surface area contributed by atoms with Gasteiger partial charge in [0.1, 0.15) is 12.4 Å². The van der Waals surface area contributed by atoms with Gasteiger partial charge in [-0.25, -0.2) is 4.98 Å². The van der Waals surface area contributed by atoms with Crippen LogP contribution in [-0.2, 0) is 19.7 Å². The van der Waals surface area contributed by atoms with Crippen LogP contribution >= 0.6 is 24.0 Å². The highest BCUT2D eigenvalue weighted by molar-refractivity contribution is 14.0. The summed E-state index contributed by atoms with van der Waals surface area (Å²) >= 11 is 0. The van der Waals surface area contributed by atoms with E-state index in [-0.39, 0.29) is 36.3 Å². The van der Waals surface area contributed by atoms with Gasteiger partial charge in [0, 0.05) is 38.0 Å². The SMILES string of the molecule is CN=C(NCc1ccnc(OCc2ccccc2)c1)NCc1ccccc1OC(F)F.I. The number of guanidine groups is 1. The van der Waals surface area contributed by atoms with Crippen molar-refractivity contribution in [3.8, 4) is 11.6 Å². The van der Waals surface area contributed by atoms with Crippen LogP contribution in [0.3, 0.4) is 0 Å². The second kappa shape index (κ2) is 13.5. The minimum atomic E-state index is -2.87. The van der Waals surface area contributed by atoms with E-state index in [1.165, 1.54) is 6.07 Å². The van der Waals surface area contributed by atoms with Gasteiger partial charge in [-0.2, -0.15) is 8.78 Å². The molecule has 170 valence electrons. The number of nitrogens with one attached hydrogen (secondary N) is 2. The van der Waals surface area contributed by atoms with Crippen molar-refractivity contribution in [1.82, 2.24) is 15.6 Å². The monoisotopic (exact) mass is 554 g/mol. The Labute approximate surface area is 203 Å². The molecule has 3 aromatic rings. The Morgan fingerprint density at radius 1 is 0.969 bits per heavy atom. The van der Waals surface area contributed by atoms with Crippen molar-refractivity contribution in [3.05, 3.63) is 89.6 Å². The average Bonchev–Trinajstić information content (AvgIpc) is 2.79. The third kappa shape index (κ3) is 8.29. The van der Waals surface area contributed by atoms with E-state index < -0.39 is 6.61 Å². The molecule has 1 heterocycles. The largest absolute Gasteiger partial charge is 0.473 e. The molecule has 0 bridgehead atoms. The normalized spacial score (nSPS) is 10.9. The minimum absolute atomic E-state index is 0. The van der Waals surface area contributed by atoms with E-state index in [0.29, 0.717) is 30.6 Å². The van der Waals surface area contributed by atoms with Crippen LogP contribution in [0.4, 0.5) is 8.78 Å². The Morgan fingerprint density at radius 3 is 2.44 bits per heavy atom. The number of ether oxygens (including phenoxy) is 2. The molecule has 0 amide bonds. The summed E-state index contributed by atoms with van der Waals surface area (Å²) in [6, 6.07) is 20.2. The van der Waals surface area contributed by atoms with Gasteiger partial charge in [-0.1, -0.05) is 48.5 Å². The van der Waals surface area contributed by atoms with E-state index >= 15 is 0 Å². The van der Waals surface area contributed by atoms with Crippen LogP contribution in [0.1, 0.15) is 16.7 Å². The molecule has 0 saturated heterocycles. The number of alkyl halides is 2. The highest BCUT2D eigenvalue weighted by atomic mass is 127. The van der Waals surface area contributed by atoms with Crippen molar-refractivity contribution in [2.45, 2.75) is 26.3 Å². The molecule has 2 aromatic carbocycles. The first-order chi connectivity index (χ1) is 15.1. The van der Waals surface area contributed by atoms with Gasteiger partial charge in [0.05, 0.1) is 0 Å². The summed E-state index contributed by atoms with van der Waals surface area (Å²) in [5.41, 5.74) is 2.63.